The Morgan fingerprint density at radius 1 is 1.33 bits per heavy atom. The van der Waals surface area contributed by atoms with Gasteiger partial charge in [0.2, 0.25) is 5.91 Å². The van der Waals surface area contributed by atoms with E-state index in [0.717, 1.165) is 28.6 Å². The van der Waals surface area contributed by atoms with Gasteiger partial charge in [0.05, 0.1) is 5.69 Å². The second-order valence-electron chi connectivity index (χ2n) is 6.77. The molecule has 0 unspecified atom stereocenters. The normalized spacial score (nSPS) is 25.2. The molecule has 3 atom stereocenters. The fraction of sp³-hybridized carbons (Fsp3) is 0.444. The summed E-state index contributed by atoms with van der Waals surface area (Å²) in [5, 5.41) is 9.64. The smallest absolute Gasteiger partial charge is 0.251 e. The molecule has 2 aromatic rings. The van der Waals surface area contributed by atoms with Gasteiger partial charge in [0.15, 0.2) is 0 Å². The monoisotopic (exact) mass is 343 g/mol. The van der Waals surface area contributed by atoms with E-state index in [1.807, 2.05) is 23.6 Å². The summed E-state index contributed by atoms with van der Waals surface area (Å²) in [6.45, 7) is 1.54. The Labute approximate surface area is 145 Å². The number of thiophene rings is 1. The summed E-state index contributed by atoms with van der Waals surface area (Å²) in [6, 6.07) is 6.95. The molecule has 2 fully saturated rings. The Balaban J connectivity index is 1.58. The van der Waals surface area contributed by atoms with E-state index in [4.69, 9.17) is 0 Å². The standard InChI is InChI=1S/C18H21N3O2S/c1-10(22)21(2)16-9-24-17-6-3-11(7-13(16)17)18(23)20-15-8-12-4-5-14(15)19-12/h3,6-7,9,12,14-15,19H,4-5,8H2,1-2H3,(H,20,23)/t12-,14+,15-/m1/s1. The molecule has 0 saturated carbocycles. The maximum Gasteiger partial charge on any atom is 0.251 e. The lowest BCUT2D eigenvalue weighted by Crippen LogP contribution is -2.42. The predicted molar refractivity (Wildman–Crippen MR) is 96.7 cm³/mol. The summed E-state index contributed by atoms with van der Waals surface area (Å²) in [4.78, 5) is 25.9. The minimum Gasteiger partial charge on any atom is -0.348 e. The Morgan fingerprint density at radius 3 is 2.83 bits per heavy atom. The number of carbonyl (C=O) groups excluding carboxylic acids is 2. The van der Waals surface area contributed by atoms with Crippen molar-refractivity contribution in [2.24, 2.45) is 0 Å². The van der Waals surface area contributed by atoms with Gasteiger partial charge in [-0.1, -0.05) is 0 Å². The molecule has 6 heteroatoms. The van der Waals surface area contributed by atoms with Gasteiger partial charge in [-0.3, -0.25) is 9.59 Å². The van der Waals surface area contributed by atoms with E-state index >= 15 is 0 Å². The van der Waals surface area contributed by atoms with Crippen LogP contribution in [0.25, 0.3) is 10.1 Å². The van der Waals surface area contributed by atoms with E-state index in [-0.39, 0.29) is 17.9 Å². The highest BCUT2D eigenvalue weighted by atomic mass is 32.1. The van der Waals surface area contributed by atoms with Crippen LogP contribution in [0.4, 0.5) is 5.69 Å². The topological polar surface area (TPSA) is 61.4 Å². The van der Waals surface area contributed by atoms with Crippen molar-refractivity contribution in [3.63, 3.8) is 0 Å². The molecule has 4 rings (SSSR count). The minimum atomic E-state index is -0.0288. The maximum atomic E-state index is 12.6. The summed E-state index contributed by atoms with van der Waals surface area (Å²) in [7, 11) is 1.76. The van der Waals surface area contributed by atoms with E-state index in [0.29, 0.717) is 17.6 Å². The first-order valence-electron chi connectivity index (χ1n) is 8.35. The number of nitrogens with zero attached hydrogens (tertiary/aromatic N) is 1. The predicted octanol–water partition coefficient (Wildman–Crippen LogP) is 2.51. The van der Waals surface area contributed by atoms with Crippen molar-refractivity contribution in [1.82, 2.24) is 10.6 Å². The number of nitrogens with one attached hydrogen (secondary N) is 2. The molecule has 2 amide bonds. The molecule has 24 heavy (non-hydrogen) atoms. The summed E-state index contributed by atoms with van der Waals surface area (Å²) < 4.78 is 1.08. The summed E-state index contributed by atoms with van der Waals surface area (Å²) in [6.07, 6.45) is 3.39. The van der Waals surface area contributed by atoms with Crippen LogP contribution in [-0.2, 0) is 4.79 Å². The molecule has 0 radical (unpaired) electrons. The fourth-order valence-electron chi connectivity index (χ4n) is 3.82. The Kier molecular flexibility index (Phi) is 3.81. The number of rotatable bonds is 3. The SMILES string of the molecule is CC(=O)N(C)c1csc2ccc(C(=O)N[C@@H]3C[C@H]4CC[C@@H]3N4)cc12. The second-order valence-corrected chi connectivity index (χ2v) is 7.68. The van der Waals surface area contributed by atoms with Crippen LogP contribution in [0.3, 0.4) is 0 Å². The molecule has 2 saturated heterocycles. The van der Waals surface area contributed by atoms with Crippen LogP contribution >= 0.6 is 11.3 Å². The lowest BCUT2D eigenvalue weighted by atomic mass is 9.95. The summed E-state index contributed by atoms with van der Waals surface area (Å²) in [5.74, 6) is -0.0449. The number of fused-ring (bicyclic) bond motifs is 3. The van der Waals surface area contributed by atoms with Crippen molar-refractivity contribution < 1.29 is 9.59 Å². The molecule has 1 aromatic heterocycles. The third-order valence-corrected chi connectivity index (χ3v) is 6.22. The molecule has 2 aliphatic heterocycles. The van der Waals surface area contributed by atoms with Crippen LogP contribution in [-0.4, -0.2) is 37.0 Å². The van der Waals surface area contributed by atoms with Crippen LogP contribution in [0, 0.1) is 0 Å². The summed E-state index contributed by atoms with van der Waals surface area (Å²) >= 11 is 1.59. The fourth-order valence-corrected chi connectivity index (χ4v) is 4.78. The number of carbonyl (C=O) groups is 2. The Morgan fingerprint density at radius 2 is 2.17 bits per heavy atom. The van der Waals surface area contributed by atoms with E-state index in [9.17, 15) is 9.59 Å². The molecule has 126 valence electrons. The molecule has 3 heterocycles. The average Bonchev–Trinajstić information content (AvgIpc) is 3.28. The second kappa shape index (κ2) is 5.86. The number of hydrogen-bond acceptors (Lipinski definition) is 4. The zero-order valence-corrected chi connectivity index (χ0v) is 14.7. The van der Waals surface area contributed by atoms with Gasteiger partial charge in [0, 0.05) is 53.1 Å². The van der Waals surface area contributed by atoms with Crippen LogP contribution in [0.1, 0.15) is 36.5 Å². The molecule has 0 aliphatic carbocycles. The van der Waals surface area contributed by atoms with Crippen LogP contribution in [0.15, 0.2) is 23.6 Å². The van der Waals surface area contributed by atoms with Gasteiger partial charge in [-0.25, -0.2) is 0 Å². The van der Waals surface area contributed by atoms with Gasteiger partial charge in [0.1, 0.15) is 0 Å². The van der Waals surface area contributed by atoms with Gasteiger partial charge in [-0.2, -0.15) is 0 Å². The molecule has 2 N–H and O–H groups in total. The number of hydrogen-bond donors (Lipinski definition) is 2. The quantitative estimate of drug-likeness (QED) is 0.900. The first-order chi connectivity index (χ1) is 11.5. The van der Waals surface area contributed by atoms with Crippen molar-refractivity contribution in [3.05, 3.63) is 29.1 Å². The first-order valence-corrected chi connectivity index (χ1v) is 9.23. The van der Waals surface area contributed by atoms with Crippen LogP contribution < -0.4 is 15.5 Å². The van der Waals surface area contributed by atoms with Crippen molar-refractivity contribution >= 4 is 38.9 Å². The average molecular weight is 343 g/mol. The van der Waals surface area contributed by atoms with Crippen LogP contribution in [0.5, 0.6) is 0 Å². The third kappa shape index (κ3) is 2.59. The van der Waals surface area contributed by atoms with Crippen molar-refractivity contribution in [1.29, 1.82) is 0 Å². The maximum absolute atomic E-state index is 12.6. The van der Waals surface area contributed by atoms with E-state index < -0.39 is 0 Å². The zero-order valence-electron chi connectivity index (χ0n) is 13.8. The first kappa shape index (κ1) is 15.6. The number of anilines is 1. The van der Waals surface area contributed by atoms with Gasteiger partial charge in [0.25, 0.3) is 5.91 Å². The lowest BCUT2D eigenvalue weighted by Gasteiger charge is -2.21. The van der Waals surface area contributed by atoms with Crippen molar-refractivity contribution in [3.8, 4) is 0 Å². The molecular weight excluding hydrogens is 322 g/mol. The van der Waals surface area contributed by atoms with Gasteiger partial charge in [-0.15, -0.1) is 11.3 Å². The van der Waals surface area contributed by atoms with E-state index in [1.54, 1.807) is 30.2 Å². The highest BCUT2D eigenvalue weighted by molar-refractivity contribution is 7.17. The molecule has 1 aromatic carbocycles. The highest BCUT2D eigenvalue weighted by Crippen LogP contribution is 2.33. The lowest BCUT2D eigenvalue weighted by molar-refractivity contribution is -0.116. The van der Waals surface area contributed by atoms with Crippen molar-refractivity contribution in [2.75, 3.05) is 11.9 Å². The molecule has 2 bridgehead atoms. The zero-order chi connectivity index (χ0) is 16.8. The molecule has 2 aliphatic rings. The number of amides is 2. The third-order valence-electron chi connectivity index (χ3n) is 5.27. The molecular formula is C18H21N3O2S. The van der Waals surface area contributed by atoms with E-state index in [2.05, 4.69) is 10.6 Å². The summed E-state index contributed by atoms with van der Waals surface area (Å²) in [5.41, 5.74) is 1.51. The van der Waals surface area contributed by atoms with E-state index in [1.165, 1.54) is 6.42 Å². The van der Waals surface area contributed by atoms with Gasteiger partial charge in [-0.05, 0) is 37.5 Å². The number of benzene rings is 1. The molecule has 5 nitrogen and oxygen atoms in total. The van der Waals surface area contributed by atoms with Crippen LogP contribution in [0.2, 0.25) is 0 Å². The Hall–Kier alpha value is -1.92. The van der Waals surface area contributed by atoms with Gasteiger partial charge >= 0.3 is 0 Å². The van der Waals surface area contributed by atoms with Crippen molar-refractivity contribution in [2.45, 2.75) is 44.3 Å². The largest absolute Gasteiger partial charge is 0.348 e. The highest BCUT2D eigenvalue weighted by Gasteiger charge is 2.39. The van der Waals surface area contributed by atoms with Gasteiger partial charge < -0.3 is 15.5 Å². The molecule has 0 spiro atoms. The minimum absolute atomic E-state index is 0.0161. The Bertz CT molecular complexity index is 816.